The molecule has 13 nitrogen and oxygen atoms in total. The van der Waals surface area contributed by atoms with Gasteiger partial charge in [0.1, 0.15) is 30.2 Å². The van der Waals surface area contributed by atoms with Crippen LogP contribution in [0.15, 0.2) is 12.7 Å². The highest BCUT2D eigenvalue weighted by molar-refractivity contribution is 7.39. The maximum Gasteiger partial charge on any atom is 0.327 e. The van der Waals surface area contributed by atoms with E-state index >= 15 is 0 Å². The van der Waals surface area contributed by atoms with E-state index < -0.39 is 41.7 Å². The molecule has 3 rings (SSSR count). The first-order valence-electron chi connectivity index (χ1n) is 6.80. The predicted octanol–water partition coefficient (Wildman–Crippen LogP) is -1.51. The normalized spacial score (nSPS) is 27.0. The van der Waals surface area contributed by atoms with Gasteiger partial charge in [0.15, 0.2) is 17.7 Å². The van der Waals surface area contributed by atoms with Gasteiger partial charge in [-0.15, -0.1) is 0 Å². The zero-order valence-electron chi connectivity index (χ0n) is 12.4. The first kappa shape index (κ1) is 18.7. The third-order valence-electron chi connectivity index (χ3n) is 3.54. The van der Waals surface area contributed by atoms with Crippen LogP contribution >= 0.6 is 17.2 Å². The Morgan fingerprint density at radius 3 is 2.64 bits per heavy atom. The van der Waals surface area contributed by atoms with E-state index in [1.807, 2.05) is 0 Å². The van der Waals surface area contributed by atoms with Crippen molar-refractivity contribution in [3.05, 3.63) is 12.7 Å². The summed E-state index contributed by atoms with van der Waals surface area (Å²) in [4.78, 5) is 47.8. The highest BCUT2D eigenvalue weighted by Gasteiger charge is 2.47. The van der Waals surface area contributed by atoms with Crippen LogP contribution in [0.4, 0.5) is 5.82 Å². The number of aliphatic hydroxyl groups is 1. The summed E-state index contributed by atoms with van der Waals surface area (Å²) in [5.41, 5.74) is 6.31. The number of fused-ring (bicyclic) bond motifs is 1. The smallest absolute Gasteiger partial charge is 0.327 e. The van der Waals surface area contributed by atoms with E-state index in [9.17, 15) is 5.11 Å². The summed E-state index contributed by atoms with van der Waals surface area (Å²) in [6.07, 6.45) is -2.07. The van der Waals surface area contributed by atoms with Gasteiger partial charge >= 0.3 is 17.2 Å². The summed E-state index contributed by atoms with van der Waals surface area (Å²) < 4.78 is 16.6. The number of nitrogens with zero attached hydrogens (tertiary/aromatic N) is 4. The maximum absolute atomic E-state index is 10.5. The number of nitrogen functional groups attached to an aromatic ring is 1. The molecule has 0 bridgehead atoms. The third kappa shape index (κ3) is 3.86. The molecule has 0 aromatic carbocycles. The Hall–Kier alpha value is -1.11. The van der Waals surface area contributed by atoms with Gasteiger partial charge < -0.3 is 44.2 Å². The van der Waals surface area contributed by atoms with Crippen LogP contribution in [0.1, 0.15) is 6.23 Å². The Morgan fingerprint density at radius 1 is 1.20 bits per heavy atom. The topological polar surface area (TPSA) is 198 Å². The van der Waals surface area contributed by atoms with Crippen molar-refractivity contribution < 1.29 is 38.5 Å². The molecular weight excluding hydrogens is 380 g/mol. The van der Waals surface area contributed by atoms with Crippen molar-refractivity contribution >= 4 is 34.2 Å². The SMILES string of the molecule is Nc1ncnc2c1ncn2[C@@H]1O[C@H](COP(O)O)[C@@H](OP(O)O)[C@H]1O. The molecule has 7 N–H and O–H groups in total. The Bertz CT molecular complexity index is 732. The minimum Gasteiger partial charge on any atom is -0.386 e. The molecule has 0 unspecified atom stereocenters. The van der Waals surface area contributed by atoms with E-state index in [4.69, 9.17) is 39.1 Å². The number of imidazole rings is 1. The second-order valence-corrected chi connectivity index (χ2v) is 6.49. The van der Waals surface area contributed by atoms with Crippen LogP contribution in [0.2, 0.25) is 0 Å². The number of aromatic nitrogens is 4. The second kappa shape index (κ2) is 7.64. The minimum atomic E-state index is -2.79. The van der Waals surface area contributed by atoms with Gasteiger partial charge in [-0.05, 0) is 0 Å². The highest BCUT2D eigenvalue weighted by Crippen LogP contribution is 2.40. The van der Waals surface area contributed by atoms with E-state index in [2.05, 4.69) is 15.0 Å². The average molecular weight is 395 g/mol. The number of hydrogen-bond acceptors (Lipinski definition) is 12. The molecule has 25 heavy (non-hydrogen) atoms. The summed E-state index contributed by atoms with van der Waals surface area (Å²) in [5.74, 6) is 0.143. The molecule has 0 saturated carbocycles. The Kier molecular flexibility index (Phi) is 5.71. The molecular formula is C10H15N5O8P2. The molecule has 2 aromatic heterocycles. The van der Waals surface area contributed by atoms with Crippen LogP contribution in [-0.2, 0) is 13.8 Å². The molecule has 0 amide bonds. The fraction of sp³-hybridized carbons (Fsp3) is 0.500. The Morgan fingerprint density at radius 2 is 1.96 bits per heavy atom. The summed E-state index contributed by atoms with van der Waals surface area (Å²) in [5, 5.41) is 10.5. The van der Waals surface area contributed by atoms with Gasteiger partial charge in [-0.3, -0.25) is 4.57 Å². The predicted molar refractivity (Wildman–Crippen MR) is 83.2 cm³/mol. The van der Waals surface area contributed by atoms with Gasteiger partial charge in [-0.25, -0.2) is 15.0 Å². The van der Waals surface area contributed by atoms with Crippen molar-refractivity contribution in [3.8, 4) is 0 Å². The standard InChI is InChI=1S/C10H15N5O8P2/c11-8-5-9(13-2-12-8)15(3-14-5)10-6(16)7(23-25(19)20)4(22-10)1-21-24(17)18/h2-4,6-7,10,16-20H,1H2,(H2,11,12,13)/t4-,6-,7-,10-/m1/s1. The molecule has 138 valence electrons. The zero-order chi connectivity index (χ0) is 18.1. The van der Waals surface area contributed by atoms with Gasteiger partial charge in [0, 0.05) is 0 Å². The molecule has 1 aliphatic rings. The fourth-order valence-corrected chi connectivity index (χ4v) is 3.28. The van der Waals surface area contributed by atoms with Crippen LogP contribution in [0.5, 0.6) is 0 Å². The maximum atomic E-state index is 10.5. The van der Waals surface area contributed by atoms with E-state index in [1.54, 1.807) is 0 Å². The molecule has 0 spiro atoms. The number of hydrogen-bond donors (Lipinski definition) is 6. The molecule has 0 aliphatic carbocycles. The summed E-state index contributed by atoms with van der Waals surface area (Å²) in [6.45, 7) is -0.357. The molecule has 15 heteroatoms. The fourth-order valence-electron chi connectivity index (χ4n) is 2.52. The van der Waals surface area contributed by atoms with E-state index in [1.165, 1.54) is 17.2 Å². The summed E-state index contributed by atoms with van der Waals surface area (Å²) in [7, 11) is -5.45. The van der Waals surface area contributed by atoms with Crippen molar-refractivity contribution in [2.45, 2.75) is 24.5 Å². The summed E-state index contributed by atoms with van der Waals surface area (Å²) >= 11 is 0. The van der Waals surface area contributed by atoms with Crippen molar-refractivity contribution in [1.82, 2.24) is 19.5 Å². The minimum absolute atomic E-state index is 0.143. The zero-order valence-corrected chi connectivity index (χ0v) is 14.2. The highest BCUT2D eigenvalue weighted by atomic mass is 31.2. The first-order valence-corrected chi connectivity index (χ1v) is 9.13. The van der Waals surface area contributed by atoms with Crippen molar-refractivity contribution in [2.24, 2.45) is 0 Å². The summed E-state index contributed by atoms with van der Waals surface area (Å²) in [6, 6.07) is 0. The number of anilines is 1. The lowest BCUT2D eigenvalue weighted by atomic mass is 10.1. The molecule has 0 radical (unpaired) electrons. The molecule has 1 fully saturated rings. The van der Waals surface area contributed by atoms with Crippen LogP contribution in [0, 0.1) is 0 Å². The average Bonchev–Trinajstić information content (AvgIpc) is 3.09. The van der Waals surface area contributed by atoms with Crippen LogP contribution in [0.3, 0.4) is 0 Å². The number of rotatable bonds is 6. The van der Waals surface area contributed by atoms with Gasteiger partial charge in [0.05, 0.1) is 12.9 Å². The molecule has 3 heterocycles. The monoisotopic (exact) mass is 395 g/mol. The van der Waals surface area contributed by atoms with E-state index in [-0.39, 0.29) is 12.4 Å². The van der Waals surface area contributed by atoms with Crippen molar-refractivity contribution in [2.75, 3.05) is 12.3 Å². The molecule has 1 saturated heterocycles. The molecule has 4 atom stereocenters. The lowest BCUT2D eigenvalue weighted by Gasteiger charge is -2.20. The van der Waals surface area contributed by atoms with Gasteiger partial charge in [-0.2, -0.15) is 0 Å². The number of nitrogens with two attached hydrogens (primary N) is 1. The van der Waals surface area contributed by atoms with Crippen molar-refractivity contribution in [1.29, 1.82) is 0 Å². The van der Waals surface area contributed by atoms with Crippen LogP contribution in [-0.4, -0.2) is 69.1 Å². The number of ether oxygens (including phenoxy) is 1. The first-order chi connectivity index (χ1) is 11.9. The van der Waals surface area contributed by atoms with Crippen LogP contribution < -0.4 is 5.73 Å². The van der Waals surface area contributed by atoms with Gasteiger partial charge in [0.25, 0.3) is 0 Å². The largest absolute Gasteiger partial charge is 0.386 e. The second-order valence-electron chi connectivity index (χ2n) is 5.01. The Labute approximate surface area is 142 Å². The van der Waals surface area contributed by atoms with E-state index in [0.29, 0.717) is 11.2 Å². The third-order valence-corrected chi connectivity index (χ3v) is 4.35. The lowest BCUT2D eigenvalue weighted by Crippen LogP contribution is -2.35. The molecule has 1 aliphatic heterocycles. The van der Waals surface area contributed by atoms with Crippen molar-refractivity contribution in [3.63, 3.8) is 0 Å². The van der Waals surface area contributed by atoms with Crippen LogP contribution in [0.25, 0.3) is 11.2 Å². The Balaban J connectivity index is 1.89. The molecule has 2 aromatic rings. The van der Waals surface area contributed by atoms with E-state index in [0.717, 1.165) is 0 Å². The van der Waals surface area contributed by atoms with Gasteiger partial charge in [-0.1, -0.05) is 0 Å². The van der Waals surface area contributed by atoms with Gasteiger partial charge in [0.2, 0.25) is 0 Å². The lowest BCUT2D eigenvalue weighted by molar-refractivity contribution is -0.0481. The quantitative estimate of drug-likeness (QED) is 0.310. The number of aliphatic hydroxyl groups excluding tert-OH is 1.